The first-order chi connectivity index (χ1) is 16.9. The van der Waals surface area contributed by atoms with Crippen molar-refractivity contribution in [2.24, 2.45) is 0 Å². The largest absolute Gasteiger partial charge is 0.480 e. The Hall–Kier alpha value is -2.16. The summed E-state index contributed by atoms with van der Waals surface area (Å²) in [4.78, 5) is 27.7. The average Bonchev–Trinajstić information content (AvgIpc) is 2.84. The molecule has 35 heavy (non-hydrogen) atoms. The van der Waals surface area contributed by atoms with Gasteiger partial charge in [0.2, 0.25) is 0 Å². The standard InChI is InChI=1S/C26H32Cl2N2O5/c1-2-4-21(26(33)34)30-23(17-6-10-19(27)11-7-17)24(18-8-12-20(28)13-9-18)35-22(25(30)32)5-3-14-29-15-16-31/h6-13,21-24,29,31H,2-5,14-16H2,1H3,(H,33,34)/t21-,22+,23-,24+/m1/s1. The van der Waals surface area contributed by atoms with Gasteiger partial charge in [-0.05, 0) is 61.2 Å². The van der Waals surface area contributed by atoms with E-state index < -0.39 is 30.3 Å². The number of nitrogens with one attached hydrogen (secondary N) is 1. The third-order valence-corrected chi connectivity index (χ3v) is 6.63. The van der Waals surface area contributed by atoms with Gasteiger partial charge in [0.25, 0.3) is 5.91 Å². The minimum atomic E-state index is -1.04. The van der Waals surface area contributed by atoms with E-state index in [-0.39, 0.29) is 12.5 Å². The minimum absolute atomic E-state index is 0.0331. The quantitative estimate of drug-likeness (QED) is 0.352. The van der Waals surface area contributed by atoms with Gasteiger partial charge in [-0.3, -0.25) is 4.79 Å². The van der Waals surface area contributed by atoms with Gasteiger partial charge in [-0.25, -0.2) is 4.79 Å². The van der Waals surface area contributed by atoms with Crippen molar-refractivity contribution in [1.29, 1.82) is 0 Å². The second-order valence-electron chi connectivity index (χ2n) is 8.60. The smallest absolute Gasteiger partial charge is 0.326 e. The number of aliphatic hydroxyl groups is 1. The van der Waals surface area contributed by atoms with Crippen molar-refractivity contribution < 1.29 is 24.5 Å². The van der Waals surface area contributed by atoms with Crippen LogP contribution in [0.5, 0.6) is 0 Å². The van der Waals surface area contributed by atoms with Gasteiger partial charge in [0.15, 0.2) is 0 Å². The van der Waals surface area contributed by atoms with E-state index in [0.29, 0.717) is 48.8 Å². The van der Waals surface area contributed by atoms with Crippen molar-refractivity contribution in [3.05, 3.63) is 69.7 Å². The number of carboxylic acid groups (broad SMARTS) is 1. The molecule has 3 N–H and O–H groups in total. The molecular formula is C26H32Cl2N2O5. The molecule has 3 rings (SSSR count). The van der Waals surface area contributed by atoms with Crippen LogP contribution in [0, 0.1) is 0 Å². The number of nitrogens with zero attached hydrogens (tertiary/aromatic N) is 1. The maximum absolute atomic E-state index is 13.8. The molecule has 1 aliphatic rings. The van der Waals surface area contributed by atoms with Crippen LogP contribution in [-0.4, -0.2) is 58.8 Å². The van der Waals surface area contributed by atoms with Crippen LogP contribution in [0.2, 0.25) is 10.0 Å². The summed E-state index contributed by atoms with van der Waals surface area (Å²) in [6, 6.07) is 12.6. The van der Waals surface area contributed by atoms with E-state index in [1.54, 1.807) is 24.3 Å². The minimum Gasteiger partial charge on any atom is -0.480 e. The molecule has 0 radical (unpaired) electrons. The highest BCUT2D eigenvalue weighted by Crippen LogP contribution is 2.44. The number of amides is 1. The number of halogens is 2. The van der Waals surface area contributed by atoms with E-state index in [2.05, 4.69) is 5.32 Å². The fraction of sp³-hybridized carbons (Fsp3) is 0.462. The molecule has 0 spiro atoms. The van der Waals surface area contributed by atoms with Crippen LogP contribution in [0.1, 0.15) is 55.9 Å². The normalized spacial score (nSPS) is 21.2. The molecule has 1 saturated heterocycles. The van der Waals surface area contributed by atoms with Crippen LogP contribution in [-0.2, 0) is 14.3 Å². The second kappa shape index (κ2) is 13.2. The van der Waals surface area contributed by atoms with Crippen molar-refractivity contribution in [2.75, 3.05) is 19.7 Å². The third kappa shape index (κ3) is 6.96. The highest BCUT2D eigenvalue weighted by atomic mass is 35.5. The summed E-state index contributed by atoms with van der Waals surface area (Å²) in [6.45, 7) is 3.01. The Morgan fingerprint density at radius 1 is 1.06 bits per heavy atom. The Morgan fingerprint density at radius 3 is 2.20 bits per heavy atom. The summed E-state index contributed by atoms with van der Waals surface area (Å²) in [6.07, 6.45) is 0.590. The van der Waals surface area contributed by atoms with Crippen LogP contribution in [0.3, 0.4) is 0 Å². The van der Waals surface area contributed by atoms with E-state index in [1.807, 2.05) is 31.2 Å². The number of carbonyl (C=O) groups is 2. The summed E-state index contributed by atoms with van der Waals surface area (Å²) >= 11 is 12.2. The lowest BCUT2D eigenvalue weighted by Gasteiger charge is -2.47. The molecule has 4 atom stereocenters. The van der Waals surface area contributed by atoms with Gasteiger partial charge >= 0.3 is 5.97 Å². The Labute approximate surface area is 216 Å². The van der Waals surface area contributed by atoms with Gasteiger partial charge in [-0.1, -0.05) is 60.8 Å². The summed E-state index contributed by atoms with van der Waals surface area (Å²) in [5.41, 5.74) is 1.55. The molecule has 0 unspecified atom stereocenters. The van der Waals surface area contributed by atoms with Crippen LogP contribution in [0.15, 0.2) is 48.5 Å². The molecule has 1 aliphatic heterocycles. The Balaban J connectivity index is 2.05. The predicted molar refractivity (Wildman–Crippen MR) is 136 cm³/mol. The van der Waals surface area contributed by atoms with E-state index in [4.69, 9.17) is 33.0 Å². The van der Waals surface area contributed by atoms with Gasteiger partial charge in [0, 0.05) is 16.6 Å². The molecule has 0 aliphatic carbocycles. The lowest BCUT2D eigenvalue weighted by Crippen LogP contribution is -2.57. The number of aliphatic hydroxyl groups excluding tert-OH is 1. The average molecular weight is 523 g/mol. The number of morpholine rings is 1. The monoisotopic (exact) mass is 522 g/mol. The Morgan fingerprint density at radius 2 is 1.66 bits per heavy atom. The zero-order chi connectivity index (χ0) is 25.4. The molecule has 1 fully saturated rings. The number of rotatable bonds is 12. The highest BCUT2D eigenvalue weighted by Gasteiger charge is 2.48. The SMILES string of the molecule is CCC[C@H](C(=O)O)N1C(=O)[C@H](CCCNCCO)O[C@@H](c2ccc(Cl)cc2)[C@H]1c1ccc(Cl)cc1. The molecule has 2 aromatic carbocycles. The number of hydrogen-bond acceptors (Lipinski definition) is 5. The van der Waals surface area contributed by atoms with Crippen molar-refractivity contribution in [3.8, 4) is 0 Å². The number of benzene rings is 2. The first-order valence-electron chi connectivity index (χ1n) is 11.9. The number of ether oxygens (including phenoxy) is 1. The van der Waals surface area contributed by atoms with Crippen LogP contribution in [0.4, 0.5) is 0 Å². The van der Waals surface area contributed by atoms with Gasteiger partial charge in [0.1, 0.15) is 18.2 Å². The third-order valence-electron chi connectivity index (χ3n) is 6.13. The lowest BCUT2D eigenvalue weighted by atomic mass is 9.89. The molecule has 9 heteroatoms. The molecule has 190 valence electrons. The summed E-state index contributed by atoms with van der Waals surface area (Å²) in [7, 11) is 0. The molecule has 7 nitrogen and oxygen atoms in total. The van der Waals surface area contributed by atoms with Crippen LogP contribution in [0.25, 0.3) is 0 Å². The molecular weight excluding hydrogens is 491 g/mol. The predicted octanol–water partition coefficient (Wildman–Crippen LogP) is 4.62. The van der Waals surface area contributed by atoms with Gasteiger partial charge < -0.3 is 25.2 Å². The number of carbonyl (C=O) groups excluding carboxylic acids is 1. The molecule has 0 saturated carbocycles. The van der Waals surface area contributed by atoms with Crippen molar-refractivity contribution in [3.63, 3.8) is 0 Å². The molecule has 0 aromatic heterocycles. The molecule has 0 bridgehead atoms. The topological polar surface area (TPSA) is 99.1 Å². The molecule has 2 aromatic rings. The lowest BCUT2D eigenvalue weighted by molar-refractivity contribution is -0.185. The zero-order valence-corrected chi connectivity index (χ0v) is 21.2. The van der Waals surface area contributed by atoms with E-state index in [1.165, 1.54) is 4.90 Å². The number of aliphatic carboxylic acids is 1. The summed E-state index contributed by atoms with van der Waals surface area (Å²) < 4.78 is 6.43. The van der Waals surface area contributed by atoms with E-state index in [9.17, 15) is 14.7 Å². The zero-order valence-electron chi connectivity index (χ0n) is 19.7. The van der Waals surface area contributed by atoms with Crippen molar-refractivity contribution in [1.82, 2.24) is 10.2 Å². The van der Waals surface area contributed by atoms with Crippen molar-refractivity contribution >= 4 is 35.1 Å². The first-order valence-corrected chi connectivity index (χ1v) is 12.7. The van der Waals surface area contributed by atoms with E-state index >= 15 is 0 Å². The van der Waals surface area contributed by atoms with Gasteiger partial charge in [0.05, 0.1) is 12.6 Å². The second-order valence-corrected chi connectivity index (χ2v) is 9.47. The Bertz CT molecular complexity index is 971. The van der Waals surface area contributed by atoms with Crippen LogP contribution >= 0.6 is 23.2 Å². The highest BCUT2D eigenvalue weighted by molar-refractivity contribution is 6.30. The fourth-order valence-corrected chi connectivity index (χ4v) is 4.73. The summed E-state index contributed by atoms with van der Waals surface area (Å²) in [5, 5.41) is 23.3. The van der Waals surface area contributed by atoms with Crippen LogP contribution < -0.4 is 5.32 Å². The molecule has 1 amide bonds. The maximum atomic E-state index is 13.8. The van der Waals surface area contributed by atoms with Gasteiger partial charge in [-0.15, -0.1) is 0 Å². The number of carboxylic acids is 1. The van der Waals surface area contributed by atoms with E-state index in [0.717, 1.165) is 11.1 Å². The van der Waals surface area contributed by atoms with Crippen molar-refractivity contribution in [2.45, 2.75) is 56.9 Å². The Kier molecular flexibility index (Phi) is 10.4. The first kappa shape index (κ1) is 27.4. The fourth-order valence-electron chi connectivity index (χ4n) is 4.48. The maximum Gasteiger partial charge on any atom is 0.326 e. The number of hydrogen-bond donors (Lipinski definition) is 3. The van der Waals surface area contributed by atoms with Gasteiger partial charge in [-0.2, -0.15) is 0 Å². The molecule has 1 heterocycles. The summed E-state index contributed by atoms with van der Waals surface area (Å²) in [5.74, 6) is -1.38.